The average molecular weight is 196 g/mol. The molecule has 0 unspecified atom stereocenters. The van der Waals surface area contributed by atoms with E-state index in [1.807, 2.05) is 6.07 Å². The first-order chi connectivity index (χ1) is 6.18. The molecule has 0 radical (unpaired) electrons. The number of rotatable bonds is 0. The van der Waals surface area contributed by atoms with Crippen LogP contribution in [0, 0.1) is 6.92 Å². The normalized spacial score (nSPS) is 15.8. The highest BCUT2D eigenvalue weighted by molar-refractivity contribution is 6.30. The Morgan fingerprint density at radius 1 is 1.38 bits per heavy atom. The summed E-state index contributed by atoms with van der Waals surface area (Å²) in [6, 6.07) is 4.14. The van der Waals surface area contributed by atoms with Gasteiger partial charge in [-0.25, -0.2) is 0 Å². The predicted molar refractivity (Wildman–Crippen MR) is 57.8 cm³/mol. The van der Waals surface area contributed by atoms with E-state index in [0.29, 0.717) is 0 Å². The number of nitrogens with zero attached hydrogens (tertiary/aromatic N) is 1. The maximum atomic E-state index is 6.01. The fourth-order valence-corrected chi connectivity index (χ4v) is 2.46. The van der Waals surface area contributed by atoms with Gasteiger partial charge in [0.05, 0.1) is 0 Å². The number of benzene rings is 1. The first kappa shape index (κ1) is 8.89. The number of hydrogen-bond acceptors (Lipinski definition) is 1. The Bertz CT molecular complexity index is 333. The van der Waals surface area contributed by atoms with Gasteiger partial charge in [0, 0.05) is 24.3 Å². The molecule has 0 bridgehead atoms. The first-order valence-electron chi connectivity index (χ1n) is 4.68. The van der Waals surface area contributed by atoms with Gasteiger partial charge in [0.25, 0.3) is 0 Å². The van der Waals surface area contributed by atoms with E-state index in [-0.39, 0.29) is 0 Å². The Hall–Kier alpha value is -0.690. The number of hydrogen-bond donors (Lipinski definition) is 0. The van der Waals surface area contributed by atoms with Gasteiger partial charge in [-0.05, 0) is 43.0 Å². The summed E-state index contributed by atoms with van der Waals surface area (Å²) in [5.74, 6) is 0. The molecule has 0 aromatic heterocycles. The van der Waals surface area contributed by atoms with Gasteiger partial charge >= 0.3 is 0 Å². The topological polar surface area (TPSA) is 3.24 Å². The van der Waals surface area contributed by atoms with E-state index in [1.165, 1.54) is 29.7 Å². The van der Waals surface area contributed by atoms with Gasteiger partial charge in [0.1, 0.15) is 0 Å². The fourth-order valence-electron chi connectivity index (χ4n) is 2.16. The van der Waals surface area contributed by atoms with Crippen molar-refractivity contribution in [1.82, 2.24) is 0 Å². The smallest absolute Gasteiger partial charge is 0.0426 e. The van der Waals surface area contributed by atoms with Gasteiger partial charge < -0.3 is 4.90 Å². The summed E-state index contributed by atoms with van der Waals surface area (Å²) < 4.78 is 0. The molecule has 0 saturated carbocycles. The molecule has 0 atom stereocenters. The van der Waals surface area contributed by atoms with Gasteiger partial charge in [-0.3, -0.25) is 0 Å². The van der Waals surface area contributed by atoms with Gasteiger partial charge in [-0.1, -0.05) is 11.6 Å². The molecule has 0 saturated heterocycles. The summed E-state index contributed by atoms with van der Waals surface area (Å²) >= 11 is 6.01. The Labute approximate surface area is 84.3 Å². The van der Waals surface area contributed by atoms with Gasteiger partial charge in [0.2, 0.25) is 0 Å². The van der Waals surface area contributed by atoms with Crippen molar-refractivity contribution in [3.63, 3.8) is 0 Å². The molecule has 0 aliphatic carbocycles. The quantitative estimate of drug-likeness (QED) is 0.615. The lowest BCUT2D eigenvalue weighted by atomic mass is 9.99. The SMILES string of the molecule is Cc1cc(Cl)cc2c1N(C)CCC2. The van der Waals surface area contributed by atoms with Crippen LogP contribution >= 0.6 is 11.6 Å². The zero-order chi connectivity index (χ0) is 9.42. The third kappa shape index (κ3) is 1.53. The summed E-state index contributed by atoms with van der Waals surface area (Å²) in [4.78, 5) is 2.32. The van der Waals surface area contributed by atoms with Crippen LogP contribution in [-0.4, -0.2) is 13.6 Å². The van der Waals surface area contributed by atoms with E-state index in [0.717, 1.165) is 11.6 Å². The summed E-state index contributed by atoms with van der Waals surface area (Å²) in [7, 11) is 2.15. The number of anilines is 1. The molecule has 70 valence electrons. The molecule has 1 aliphatic rings. The third-order valence-electron chi connectivity index (χ3n) is 2.67. The highest BCUT2D eigenvalue weighted by Gasteiger charge is 2.15. The second kappa shape index (κ2) is 3.22. The molecule has 1 aromatic rings. The highest BCUT2D eigenvalue weighted by Crippen LogP contribution is 2.32. The maximum absolute atomic E-state index is 6.01. The van der Waals surface area contributed by atoms with Gasteiger partial charge in [0.15, 0.2) is 0 Å². The molecule has 0 N–H and O–H groups in total. The van der Waals surface area contributed by atoms with Crippen molar-refractivity contribution in [3.05, 3.63) is 28.3 Å². The van der Waals surface area contributed by atoms with Crippen LogP contribution in [0.4, 0.5) is 5.69 Å². The number of fused-ring (bicyclic) bond motifs is 1. The predicted octanol–water partition coefficient (Wildman–Crippen LogP) is 3.03. The summed E-state index contributed by atoms with van der Waals surface area (Å²) in [6.07, 6.45) is 2.41. The number of halogens is 1. The van der Waals surface area contributed by atoms with Crippen LogP contribution in [0.3, 0.4) is 0 Å². The number of aryl methyl sites for hydroxylation is 2. The van der Waals surface area contributed by atoms with E-state index >= 15 is 0 Å². The van der Waals surface area contributed by atoms with Crippen molar-refractivity contribution in [2.24, 2.45) is 0 Å². The lowest BCUT2D eigenvalue weighted by Gasteiger charge is -2.29. The molecule has 1 aliphatic heterocycles. The second-order valence-electron chi connectivity index (χ2n) is 3.76. The van der Waals surface area contributed by atoms with Crippen molar-refractivity contribution in [2.45, 2.75) is 19.8 Å². The summed E-state index contributed by atoms with van der Waals surface area (Å²) in [6.45, 7) is 3.29. The van der Waals surface area contributed by atoms with Crippen LogP contribution in [0.15, 0.2) is 12.1 Å². The minimum atomic E-state index is 0.867. The highest BCUT2D eigenvalue weighted by atomic mass is 35.5. The van der Waals surface area contributed by atoms with Gasteiger partial charge in [-0.2, -0.15) is 0 Å². The van der Waals surface area contributed by atoms with E-state index in [1.54, 1.807) is 0 Å². The van der Waals surface area contributed by atoms with E-state index in [9.17, 15) is 0 Å². The summed E-state index contributed by atoms with van der Waals surface area (Å²) in [5.41, 5.74) is 4.08. The Kier molecular flexibility index (Phi) is 2.20. The van der Waals surface area contributed by atoms with Crippen molar-refractivity contribution in [2.75, 3.05) is 18.5 Å². The van der Waals surface area contributed by atoms with Crippen LogP contribution in [0.5, 0.6) is 0 Å². The Morgan fingerprint density at radius 2 is 2.15 bits per heavy atom. The van der Waals surface area contributed by atoms with E-state index in [4.69, 9.17) is 11.6 Å². The van der Waals surface area contributed by atoms with Crippen LogP contribution in [0.1, 0.15) is 17.5 Å². The van der Waals surface area contributed by atoms with Crippen molar-refractivity contribution in [3.8, 4) is 0 Å². The van der Waals surface area contributed by atoms with Crippen molar-refractivity contribution in [1.29, 1.82) is 0 Å². The minimum absolute atomic E-state index is 0.867. The second-order valence-corrected chi connectivity index (χ2v) is 4.19. The maximum Gasteiger partial charge on any atom is 0.0426 e. The fraction of sp³-hybridized carbons (Fsp3) is 0.455. The molecule has 2 heteroatoms. The largest absolute Gasteiger partial charge is 0.374 e. The Morgan fingerprint density at radius 3 is 2.92 bits per heavy atom. The monoisotopic (exact) mass is 195 g/mol. The zero-order valence-corrected chi connectivity index (χ0v) is 8.86. The lowest BCUT2D eigenvalue weighted by Crippen LogP contribution is -2.25. The minimum Gasteiger partial charge on any atom is -0.374 e. The first-order valence-corrected chi connectivity index (χ1v) is 5.06. The lowest BCUT2D eigenvalue weighted by molar-refractivity contribution is 0.741. The van der Waals surface area contributed by atoms with Crippen molar-refractivity contribution < 1.29 is 0 Å². The van der Waals surface area contributed by atoms with Gasteiger partial charge in [-0.15, -0.1) is 0 Å². The molecule has 1 heterocycles. The molecule has 2 rings (SSSR count). The average Bonchev–Trinajstić information content (AvgIpc) is 2.02. The molecule has 0 spiro atoms. The molecule has 0 amide bonds. The van der Waals surface area contributed by atoms with Crippen LogP contribution in [0.25, 0.3) is 0 Å². The van der Waals surface area contributed by atoms with Crippen LogP contribution < -0.4 is 4.90 Å². The summed E-state index contributed by atoms with van der Waals surface area (Å²) in [5, 5.41) is 0.867. The third-order valence-corrected chi connectivity index (χ3v) is 2.88. The zero-order valence-electron chi connectivity index (χ0n) is 8.10. The molecular weight excluding hydrogens is 182 g/mol. The molecule has 1 nitrogen and oxygen atoms in total. The van der Waals surface area contributed by atoms with E-state index < -0.39 is 0 Å². The van der Waals surface area contributed by atoms with Crippen LogP contribution in [-0.2, 0) is 6.42 Å². The molecule has 13 heavy (non-hydrogen) atoms. The van der Waals surface area contributed by atoms with Crippen molar-refractivity contribution >= 4 is 17.3 Å². The Balaban J connectivity index is 2.56. The molecule has 0 fully saturated rings. The standard InChI is InChI=1S/C11H14ClN/c1-8-6-10(12)7-9-4-3-5-13(2)11(8)9/h6-7H,3-5H2,1-2H3. The molecular formula is C11H14ClN. The molecule has 1 aromatic carbocycles. The van der Waals surface area contributed by atoms with E-state index in [2.05, 4.69) is 24.9 Å². The van der Waals surface area contributed by atoms with Crippen LogP contribution in [0.2, 0.25) is 5.02 Å².